The summed E-state index contributed by atoms with van der Waals surface area (Å²) in [6.07, 6.45) is 9.02. The molecule has 1 unspecified atom stereocenters. The molecule has 1 aliphatic carbocycles. The molecule has 2 N–H and O–H groups in total. The summed E-state index contributed by atoms with van der Waals surface area (Å²) >= 11 is 0. The monoisotopic (exact) mass is 397 g/mol. The van der Waals surface area contributed by atoms with Crippen molar-refractivity contribution < 1.29 is 9.59 Å². The number of amides is 2. The number of carbonyl (C=O) groups is 2. The second kappa shape index (κ2) is 8.47. The Morgan fingerprint density at radius 3 is 2.38 bits per heavy atom. The van der Waals surface area contributed by atoms with Crippen LogP contribution in [0.2, 0.25) is 0 Å². The standard InChI is InChI=1S/C24H35N3O2/c1-2-3-4-21(17-22(25)28)26-14-11-24(12-15-26)13-16-27(23(24)29)20-9-7-19(8-10-20)18-5-6-18/h7-10,18,21H,2-6,11-17H2,1H3,(H2,25,28). The van der Waals surface area contributed by atoms with E-state index in [1.807, 2.05) is 4.90 Å². The zero-order chi connectivity index (χ0) is 20.4. The Bertz CT molecular complexity index is 733. The number of piperidine rings is 1. The molecule has 1 aromatic rings. The molecule has 0 aromatic heterocycles. The zero-order valence-corrected chi connectivity index (χ0v) is 17.7. The van der Waals surface area contributed by atoms with Gasteiger partial charge in [0.2, 0.25) is 11.8 Å². The smallest absolute Gasteiger partial charge is 0.233 e. The lowest BCUT2D eigenvalue weighted by Crippen LogP contribution is -2.49. The molecule has 5 heteroatoms. The minimum Gasteiger partial charge on any atom is -0.370 e. The summed E-state index contributed by atoms with van der Waals surface area (Å²) in [6, 6.07) is 8.90. The van der Waals surface area contributed by atoms with Gasteiger partial charge in [-0.05, 0) is 75.2 Å². The summed E-state index contributed by atoms with van der Waals surface area (Å²) in [6.45, 7) is 4.78. The van der Waals surface area contributed by atoms with Crippen LogP contribution in [0.1, 0.15) is 76.2 Å². The van der Waals surface area contributed by atoms with Crippen molar-refractivity contribution in [3.05, 3.63) is 29.8 Å². The molecular formula is C24H35N3O2. The van der Waals surface area contributed by atoms with E-state index in [9.17, 15) is 9.59 Å². The Balaban J connectivity index is 1.38. The van der Waals surface area contributed by atoms with Crippen LogP contribution in [0.3, 0.4) is 0 Å². The highest BCUT2D eigenvalue weighted by atomic mass is 16.2. The number of benzene rings is 1. The van der Waals surface area contributed by atoms with Crippen LogP contribution in [-0.2, 0) is 9.59 Å². The number of primary amides is 1. The van der Waals surface area contributed by atoms with Gasteiger partial charge in [-0.3, -0.25) is 14.5 Å². The Morgan fingerprint density at radius 1 is 1.14 bits per heavy atom. The van der Waals surface area contributed by atoms with Gasteiger partial charge in [-0.15, -0.1) is 0 Å². The van der Waals surface area contributed by atoms with Crippen molar-refractivity contribution in [1.29, 1.82) is 0 Å². The third kappa shape index (κ3) is 4.35. The third-order valence-electron chi connectivity index (χ3n) is 7.37. The lowest BCUT2D eigenvalue weighted by Gasteiger charge is -2.41. The highest BCUT2D eigenvalue weighted by molar-refractivity contribution is 6.00. The van der Waals surface area contributed by atoms with Gasteiger partial charge < -0.3 is 10.6 Å². The molecule has 1 aromatic carbocycles. The van der Waals surface area contributed by atoms with Gasteiger partial charge in [-0.1, -0.05) is 31.9 Å². The van der Waals surface area contributed by atoms with Gasteiger partial charge in [0, 0.05) is 24.7 Å². The minimum atomic E-state index is -0.218. The summed E-state index contributed by atoms with van der Waals surface area (Å²) in [5.41, 5.74) is 7.75. The fraction of sp³-hybridized carbons (Fsp3) is 0.667. The molecule has 5 nitrogen and oxygen atoms in total. The van der Waals surface area contributed by atoms with E-state index in [2.05, 4.69) is 36.1 Å². The average Bonchev–Trinajstić information content (AvgIpc) is 3.53. The van der Waals surface area contributed by atoms with Gasteiger partial charge in [0.15, 0.2) is 0 Å². The maximum absolute atomic E-state index is 13.4. The topological polar surface area (TPSA) is 66.6 Å². The van der Waals surface area contributed by atoms with Crippen molar-refractivity contribution >= 4 is 17.5 Å². The number of rotatable bonds is 8. The van der Waals surface area contributed by atoms with Crippen molar-refractivity contribution in [1.82, 2.24) is 4.90 Å². The first-order valence-corrected chi connectivity index (χ1v) is 11.5. The highest BCUT2D eigenvalue weighted by Crippen LogP contribution is 2.45. The largest absolute Gasteiger partial charge is 0.370 e. The molecule has 4 rings (SSSR count). The number of anilines is 1. The highest BCUT2D eigenvalue weighted by Gasteiger charge is 2.49. The summed E-state index contributed by atoms with van der Waals surface area (Å²) < 4.78 is 0. The Labute approximate surface area is 174 Å². The number of nitrogens with two attached hydrogens (primary N) is 1. The quantitative estimate of drug-likeness (QED) is 0.725. The second-order valence-corrected chi connectivity index (χ2v) is 9.36. The molecule has 2 aliphatic heterocycles. The van der Waals surface area contributed by atoms with Gasteiger partial charge in [0.05, 0.1) is 5.41 Å². The Hall–Kier alpha value is -1.88. The first-order valence-electron chi connectivity index (χ1n) is 11.5. The first kappa shape index (κ1) is 20.4. The molecular weight excluding hydrogens is 362 g/mol. The van der Waals surface area contributed by atoms with Crippen LogP contribution < -0.4 is 10.6 Å². The fourth-order valence-electron chi connectivity index (χ4n) is 5.28. The van der Waals surface area contributed by atoms with E-state index in [-0.39, 0.29) is 17.4 Å². The van der Waals surface area contributed by atoms with E-state index in [4.69, 9.17) is 5.73 Å². The number of hydrogen-bond donors (Lipinski definition) is 1. The van der Waals surface area contributed by atoms with Crippen LogP contribution in [0.15, 0.2) is 24.3 Å². The molecule has 2 amide bonds. The normalized spacial score (nSPS) is 22.9. The van der Waals surface area contributed by atoms with Gasteiger partial charge in [-0.2, -0.15) is 0 Å². The first-order chi connectivity index (χ1) is 14.0. The molecule has 0 bridgehead atoms. The van der Waals surface area contributed by atoms with Crippen LogP contribution in [0.25, 0.3) is 0 Å². The summed E-state index contributed by atoms with van der Waals surface area (Å²) in [5.74, 6) is 0.829. The Kier molecular flexibility index (Phi) is 5.95. The van der Waals surface area contributed by atoms with Crippen LogP contribution in [0.4, 0.5) is 5.69 Å². The number of unbranched alkanes of at least 4 members (excludes halogenated alkanes) is 1. The van der Waals surface area contributed by atoms with Crippen molar-refractivity contribution in [2.24, 2.45) is 11.1 Å². The predicted octanol–water partition coefficient (Wildman–Crippen LogP) is 3.82. The number of hydrogen-bond acceptors (Lipinski definition) is 3. The van der Waals surface area contributed by atoms with Crippen LogP contribution in [0, 0.1) is 5.41 Å². The average molecular weight is 398 g/mol. The van der Waals surface area contributed by atoms with Crippen molar-refractivity contribution in [3.8, 4) is 0 Å². The van der Waals surface area contributed by atoms with Gasteiger partial charge >= 0.3 is 0 Å². The molecule has 2 heterocycles. The number of likely N-dealkylation sites (tertiary alicyclic amines) is 1. The van der Waals surface area contributed by atoms with E-state index in [1.165, 1.54) is 18.4 Å². The summed E-state index contributed by atoms with van der Waals surface area (Å²) in [5, 5.41) is 0. The predicted molar refractivity (Wildman–Crippen MR) is 116 cm³/mol. The molecule has 3 fully saturated rings. The maximum atomic E-state index is 13.4. The second-order valence-electron chi connectivity index (χ2n) is 9.36. The van der Waals surface area contributed by atoms with Crippen LogP contribution >= 0.6 is 0 Å². The zero-order valence-electron chi connectivity index (χ0n) is 17.7. The van der Waals surface area contributed by atoms with E-state index in [1.54, 1.807) is 0 Å². The maximum Gasteiger partial charge on any atom is 0.233 e. The molecule has 1 saturated carbocycles. The van der Waals surface area contributed by atoms with Crippen LogP contribution in [0.5, 0.6) is 0 Å². The SMILES string of the molecule is CCCCC(CC(N)=O)N1CCC2(CCN(c3ccc(C4CC4)cc3)C2=O)CC1. The molecule has 2 saturated heterocycles. The van der Waals surface area contributed by atoms with E-state index >= 15 is 0 Å². The minimum absolute atomic E-state index is 0.215. The van der Waals surface area contributed by atoms with Crippen molar-refractivity contribution in [2.75, 3.05) is 24.5 Å². The molecule has 3 aliphatic rings. The molecule has 1 atom stereocenters. The Morgan fingerprint density at radius 2 is 1.79 bits per heavy atom. The summed E-state index contributed by atoms with van der Waals surface area (Å²) in [4.78, 5) is 29.3. The molecule has 1 spiro atoms. The van der Waals surface area contributed by atoms with E-state index in [0.29, 0.717) is 12.3 Å². The molecule has 0 radical (unpaired) electrons. The lowest BCUT2D eigenvalue weighted by atomic mass is 9.76. The van der Waals surface area contributed by atoms with Crippen molar-refractivity contribution in [2.45, 2.75) is 76.7 Å². The number of nitrogens with zero attached hydrogens (tertiary/aromatic N) is 2. The fourth-order valence-corrected chi connectivity index (χ4v) is 5.28. The molecule has 158 valence electrons. The molecule has 29 heavy (non-hydrogen) atoms. The van der Waals surface area contributed by atoms with Gasteiger partial charge in [0.1, 0.15) is 0 Å². The lowest BCUT2D eigenvalue weighted by molar-refractivity contribution is -0.129. The number of carbonyl (C=O) groups excluding carboxylic acids is 2. The van der Waals surface area contributed by atoms with Gasteiger partial charge in [-0.25, -0.2) is 0 Å². The van der Waals surface area contributed by atoms with Crippen LogP contribution in [-0.4, -0.2) is 42.4 Å². The van der Waals surface area contributed by atoms with E-state index < -0.39 is 0 Å². The van der Waals surface area contributed by atoms with E-state index in [0.717, 1.165) is 69.8 Å². The van der Waals surface area contributed by atoms with Gasteiger partial charge in [0.25, 0.3) is 0 Å². The summed E-state index contributed by atoms with van der Waals surface area (Å²) in [7, 11) is 0. The third-order valence-corrected chi connectivity index (χ3v) is 7.37. The van der Waals surface area contributed by atoms with Crippen molar-refractivity contribution in [3.63, 3.8) is 0 Å².